The Balaban J connectivity index is 2.42. The SMILES string of the molecule is Cn1cc([N+](=O)[O-])cc1C(=O)NCCCO[Si](C)(C)C(C)(C)C. The monoisotopic (exact) mass is 341 g/mol. The third-order valence-corrected chi connectivity index (χ3v) is 8.85. The van der Waals surface area contributed by atoms with Gasteiger partial charge in [-0.05, 0) is 24.6 Å². The Morgan fingerprint density at radius 2 is 2.04 bits per heavy atom. The minimum absolute atomic E-state index is 0.0843. The molecule has 0 fully saturated rings. The van der Waals surface area contributed by atoms with Crippen LogP contribution in [-0.4, -0.2) is 36.9 Å². The highest BCUT2D eigenvalue weighted by atomic mass is 28.4. The lowest BCUT2D eigenvalue weighted by Crippen LogP contribution is -2.41. The number of nitrogens with zero attached hydrogens (tertiary/aromatic N) is 2. The summed E-state index contributed by atoms with van der Waals surface area (Å²) < 4.78 is 7.49. The Morgan fingerprint density at radius 1 is 1.43 bits per heavy atom. The minimum Gasteiger partial charge on any atom is -0.417 e. The first kappa shape index (κ1) is 19.4. The van der Waals surface area contributed by atoms with Crippen molar-refractivity contribution in [2.75, 3.05) is 13.2 Å². The second-order valence-corrected chi connectivity index (χ2v) is 12.0. The summed E-state index contributed by atoms with van der Waals surface area (Å²) in [7, 11) is -0.142. The van der Waals surface area contributed by atoms with E-state index in [4.69, 9.17) is 4.43 Å². The number of hydrogen-bond donors (Lipinski definition) is 1. The standard InChI is InChI=1S/C15H27N3O4Si/c1-15(2,3)23(5,6)22-9-7-8-16-14(19)13-10-12(18(20)21)11-17(13)4/h10-11H,7-9H2,1-6H3,(H,16,19). The van der Waals surface area contributed by atoms with Gasteiger partial charge >= 0.3 is 0 Å². The van der Waals surface area contributed by atoms with E-state index in [1.807, 2.05) is 0 Å². The van der Waals surface area contributed by atoms with Gasteiger partial charge in [0.05, 0.1) is 11.1 Å². The van der Waals surface area contributed by atoms with Crippen molar-refractivity contribution >= 4 is 19.9 Å². The fraction of sp³-hybridized carbons (Fsp3) is 0.667. The molecule has 0 saturated heterocycles. The van der Waals surface area contributed by atoms with Crippen molar-refractivity contribution in [3.05, 3.63) is 28.1 Å². The number of carbonyl (C=O) groups excluding carboxylic acids is 1. The van der Waals surface area contributed by atoms with Crippen LogP contribution in [0.4, 0.5) is 5.69 Å². The predicted molar refractivity (Wildman–Crippen MR) is 92.2 cm³/mol. The fourth-order valence-corrected chi connectivity index (χ4v) is 2.87. The van der Waals surface area contributed by atoms with Crippen molar-refractivity contribution in [3.63, 3.8) is 0 Å². The molecule has 1 aromatic rings. The van der Waals surface area contributed by atoms with Gasteiger partial charge in [0.1, 0.15) is 5.69 Å². The normalized spacial score (nSPS) is 12.3. The molecule has 0 aromatic carbocycles. The zero-order chi connectivity index (χ0) is 17.8. The first-order valence-corrected chi connectivity index (χ1v) is 10.6. The largest absolute Gasteiger partial charge is 0.417 e. The van der Waals surface area contributed by atoms with Gasteiger partial charge in [-0.15, -0.1) is 0 Å². The highest BCUT2D eigenvalue weighted by Gasteiger charge is 2.36. The van der Waals surface area contributed by atoms with Gasteiger partial charge in [-0.3, -0.25) is 14.9 Å². The summed E-state index contributed by atoms with van der Waals surface area (Å²) >= 11 is 0. The Kier molecular flexibility index (Phi) is 6.12. The average molecular weight is 341 g/mol. The predicted octanol–water partition coefficient (Wildman–Crippen LogP) is 3.08. The lowest BCUT2D eigenvalue weighted by Gasteiger charge is -2.36. The van der Waals surface area contributed by atoms with E-state index in [9.17, 15) is 14.9 Å². The van der Waals surface area contributed by atoms with Crippen LogP contribution in [0.1, 0.15) is 37.7 Å². The molecule has 23 heavy (non-hydrogen) atoms. The summed E-state index contributed by atoms with van der Waals surface area (Å²) in [5.74, 6) is -0.312. The topological polar surface area (TPSA) is 86.4 Å². The molecule has 1 heterocycles. The van der Waals surface area contributed by atoms with E-state index in [0.717, 1.165) is 0 Å². The molecule has 130 valence electrons. The second-order valence-electron chi connectivity index (χ2n) is 7.17. The summed E-state index contributed by atoms with van der Waals surface area (Å²) in [5, 5.41) is 13.6. The van der Waals surface area contributed by atoms with Crippen LogP contribution in [0.25, 0.3) is 0 Å². The van der Waals surface area contributed by atoms with E-state index in [-0.39, 0.29) is 22.3 Å². The van der Waals surface area contributed by atoms with E-state index in [1.165, 1.54) is 16.8 Å². The van der Waals surface area contributed by atoms with Gasteiger partial charge < -0.3 is 14.3 Å². The maximum absolute atomic E-state index is 12.0. The zero-order valence-corrected chi connectivity index (χ0v) is 15.8. The highest BCUT2D eigenvalue weighted by Crippen LogP contribution is 2.36. The van der Waals surface area contributed by atoms with E-state index in [0.29, 0.717) is 19.6 Å². The molecular weight excluding hydrogens is 314 g/mol. The second kappa shape index (κ2) is 7.27. The smallest absolute Gasteiger partial charge is 0.287 e. The first-order valence-electron chi connectivity index (χ1n) is 7.68. The summed E-state index contributed by atoms with van der Waals surface area (Å²) in [6, 6.07) is 1.28. The molecule has 1 rings (SSSR count). The number of nitrogens with one attached hydrogen (secondary N) is 1. The van der Waals surface area contributed by atoms with Crippen LogP contribution in [0.3, 0.4) is 0 Å². The number of amides is 1. The van der Waals surface area contributed by atoms with Crippen molar-refractivity contribution in [1.29, 1.82) is 0 Å². The third kappa shape index (κ3) is 5.17. The summed E-state index contributed by atoms with van der Waals surface area (Å²) in [6.07, 6.45) is 2.04. The number of aryl methyl sites for hydroxylation is 1. The van der Waals surface area contributed by atoms with Gasteiger partial charge in [0.25, 0.3) is 11.6 Å². The minimum atomic E-state index is -1.76. The molecule has 0 atom stereocenters. The van der Waals surface area contributed by atoms with E-state index in [1.54, 1.807) is 7.05 Å². The maximum atomic E-state index is 12.0. The highest BCUT2D eigenvalue weighted by molar-refractivity contribution is 6.74. The van der Waals surface area contributed by atoms with Gasteiger partial charge in [0.15, 0.2) is 8.32 Å². The van der Waals surface area contributed by atoms with Crippen LogP contribution >= 0.6 is 0 Å². The van der Waals surface area contributed by atoms with Gasteiger partial charge in [0.2, 0.25) is 0 Å². The van der Waals surface area contributed by atoms with Crippen LogP contribution in [0.15, 0.2) is 12.3 Å². The van der Waals surface area contributed by atoms with Gasteiger partial charge in [-0.25, -0.2) is 0 Å². The number of hydrogen-bond acceptors (Lipinski definition) is 4. The van der Waals surface area contributed by atoms with Crippen molar-refractivity contribution in [2.45, 2.75) is 45.3 Å². The Morgan fingerprint density at radius 3 is 2.52 bits per heavy atom. The molecule has 0 aliphatic rings. The summed E-state index contributed by atoms with van der Waals surface area (Å²) in [6.45, 7) is 12.0. The van der Waals surface area contributed by atoms with Crippen LogP contribution in [0.2, 0.25) is 18.1 Å². The van der Waals surface area contributed by atoms with E-state index in [2.05, 4.69) is 39.2 Å². The number of carbonyl (C=O) groups is 1. The molecule has 0 aliphatic heterocycles. The van der Waals surface area contributed by atoms with Crippen molar-refractivity contribution in [1.82, 2.24) is 9.88 Å². The molecule has 1 N–H and O–H groups in total. The molecule has 0 radical (unpaired) electrons. The molecule has 0 spiro atoms. The number of rotatable bonds is 7. The summed E-state index contributed by atoms with van der Waals surface area (Å²) in [5.41, 5.74) is 0.195. The lowest BCUT2D eigenvalue weighted by atomic mass is 10.2. The number of nitro groups is 1. The molecule has 0 saturated carbocycles. The molecule has 8 heteroatoms. The molecule has 0 bridgehead atoms. The van der Waals surface area contributed by atoms with Gasteiger partial charge in [-0.2, -0.15) is 0 Å². The van der Waals surface area contributed by atoms with Crippen molar-refractivity contribution in [2.24, 2.45) is 7.05 Å². The van der Waals surface area contributed by atoms with Crippen LogP contribution in [0.5, 0.6) is 0 Å². The Labute approximate surface area is 138 Å². The Bertz CT molecular complexity index is 576. The third-order valence-electron chi connectivity index (χ3n) is 4.31. The molecule has 7 nitrogen and oxygen atoms in total. The van der Waals surface area contributed by atoms with Crippen LogP contribution in [-0.2, 0) is 11.5 Å². The average Bonchev–Trinajstić information content (AvgIpc) is 2.79. The van der Waals surface area contributed by atoms with Crippen LogP contribution in [0, 0.1) is 10.1 Å². The van der Waals surface area contributed by atoms with Crippen molar-refractivity contribution < 1.29 is 14.1 Å². The van der Waals surface area contributed by atoms with E-state index < -0.39 is 13.2 Å². The van der Waals surface area contributed by atoms with Crippen LogP contribution < -0.4 is 5.32 Å². The maximum Gasteiger partial charge on any atom is 0.287 e. The lowest BCUT2D eigenvalue weighted by molar-refractivity contribution is -0.384. The first-order chi connectivity index (χ1) is 10.5. The molecule has 0 aliphatic carbocycles. The molecule has 1 aromatic heterocycles. The molecule has 1 amide bonds. The van der Waals surface area contributed by atoms with Gasteiger partial charge in [0, 0.05) is 26.3 Å². The quantitative estimate of drug-likeness (QED) is 0.357. The zero-order valence-electron chi connectivity index (χ0n) is 14.8. The molecule has 0 unspecified atom stereocenters. The fourth-order valence-electron chi connectivity index (χ4n) is 1.78. The van der Waals surface area contributed by atoms with E-state index >= 15 is 0 Å². The number of aromatic nitrogens is 1. The summed E-state index contributed by atoms with van der Waals surface area (Å²) in [4.78, 5) is 22.2. The van der Waals surface area contributed by atoms with Gasteiger partial charge in [-0.1, -0.05) is 20.8 Å². The van der Waals surface area contributed by atoms with Crippen molar-refractivity contribution in [3.8, 4) is 0 Å². The Hall–Kier alpha value is -1.67. The molecular formula is C15H27N3O4Si.